The lowest BCUT2D eigenvalue weighted by Crippen LogP contribution is -2.48. The van der Waals surface area contributed by atoms with Crippen LogP contribution in [0.15, 0.2) is 47.4 Å². The van der Waals surface area contributed by atoms with Crippen LogP contribution in [0.5, 0.6) is 0 Å². The minimum Gasteiger partial charge on any atom is -0.452 e. The molecule has 2 aromatic carbocycles. The van der Waals surface area contributed by atoms with Crippen LogP contribution in [0.4, 0.5) is 11.4 Å². The van der Waals surface area contributed by atoms with Crippen LogP contribution in [0, 0.1) is 17.0 Å². The van der Waals surface area contributed by atoms with Gasteiger partial charge in [-0.25, -0.2) is 13.2 Å². The molecular formula is C22H25N3O8S. The molecular weight excluding hydrogens is 466 g/mol. The zero-order chi connectivity index (χ0) is 25.0. The molecule has 12 heteroatoms. The van der Waals surface area contributed by atoms with Crippen molar-refractivity contribution in [1.29, 1.82) is 0 Å². The monoisotopic (exact) mass is 491 g/mol. The fourth-order valence-corrected chi connectivity index (χ4v) is 5.12. The number of hydrogen-bond donors (Lipinski definition) is 1. The molecule has 0 radical (unpaired) electrons. The molecule has 0 aliphatic carbocycles. The summed E-state index contributed by atoms with van der Waals surface area (Å²) in [6.07, 6.45) is -0.463. The summed E-state index contributed by atoms with van der Waals surface area (Å²) in [5, 5.41) is 13.4. The SMILES string of the molecule is Cc1ccc(NC(=O)COC(=O)c2ccc(S(=O)(=O)N3CC(C)OC(C)C3)cc2)cc1[N+](=O)[O-]. The van der Waals surface area contributed by atoms with Gasteiger partial charge in [-0.15, -0.1) is 0 Å². The lowest BCUT2D eigenvalue weighted by molar-refractivity contribution is -0.385. The van der Waals surface area contributed by atoms with Crippen LogP contribution >= 0.6 is 0 Å². The summed E-state index contributed by atoms with van der Waals surface area (Å²) in [4.78, 5) is 34.8. The van der Waals surface area contributed by atoms with E-state index in [1.165, 1.54) is 46.8 Å². The number of nitrogens with one attached hydrogen (secondary N) is 1. The number of amides is 1. The first-order valence-corrected chi connectivity index (χ1v) is 11.9. The number of benzene rings is 2. The van der Waals surface area contributed by atoms with Crippen LogP contribution in [-0.2, 0) is 24.3 Å². The third kappa shape index (κ3) is 5.95. The Morgan fingerprint density at radius 3 is 2.35 bits per heavy atom. The Morgan fingerprint density at radius 1 is 1.15 bits per heavy atom. The quantitative estimate of drug-likeness (QED) is 0.353. The molecule has 1 aliphatic heterocycles. The molecule has 2 aromatic rings. The maximum absolute atomic E-state index is 12.9. The fourth-order valence-electron chi connectivity index (χ4n) is 3.53. The summed E-state index contributed by atoms with van der Waals surface area (Å²) in [6.45, 7) is 5.01. The molecule has 11 nitrogen and oxygen atoms in total. The highest BCUT2D eigenvalue weighted by molar-refractivity contribution is 7.89. The Kier molecular flexibility index (Phi) is 7.64. The highest BCUT2D eigenvalue weighted by Gasteiger charge is 2.32. The lowest BCUT2D eigenvalue weighted by atomic mass is 10.2. The number of morpholine rings is 1. The van der Waals surface area contributed by atoms with Crippen LogP contribution < -0.4 is 5.32 Å². The van der Waals surface area contributed by atoms with Crippen molar-refractivity contribution in [2.75, 3.05) is 25.0 Å². The van der Waals surface area contributed by atoms with Crippen molar-refractivity contribution in [1.82, 2.24) is 4.31 Å². The molecule has 1 saturated heterocycles. The van der Waals surface area contributed by atoms with Crippen molar-refractivity contribution in [3.8, 4) is 0 Å². The van der Waals surface area contributed by atoms with Gasteiger partial charge in [0, 0.05) is 30.4 Å². The zero-order valence-corrected chi connectivity index (χ0v) is 19.7. The van der Waals surface area contributed by atoms with Crippen LogP contribution in [0.1, 0.15) is 29.8 Å². The second-order valence-corrected chi connectivity index (χ2v) is 9.92. The first-order valence-electron chi connectivity index (χ1n) is 10.4. The Hall–Kier alpha value is -3.35. The maximum Gasteiger partial charge on any atom is 0.338 e. The van der Waals surface area contributed by atoms with Crippen molar-refractivity contribution in [2.24, 2.45) is 0 Å². The average Bonchev–Trinajstić information content (AvgIpc) is 2.78. The van der Waals surface area contributed by atoms with E-state index >= 15 is 0 Å². The summed E-state index contributed by atoms with van der Waals surface area (Å²) in [7, 11) is -3.75. The van der Waals surface area contributed by atoms with E-state index in [2.05, 4.69) is 5.32 Å². The van der Waals surface area contributed by atoms with Crippen molar-refractivity contribution >= 4 is 33.3 Å². The molecule has 3 rings (SSSR count). The van der Waals surface area contributed by atoms with Gasteiger partial charge in [-0.05, 0) is 51.1 Å². The number of esters is 1. The number of anilines is 1. The number of carbonyl (C=O) groups excluding carboxylic acids is 2. The molecule has 2 atom stereocenters. The van der Waals surface area contributed by atoms with Gasteiger partial charge in [-0.2, -0.15) is 4.31 Å². The molecule has 0 spiro atoms. The van der Waals surface area contributed by atoms with Crippen LogP contribution in [0.2, 0.25) is 0 Å². The molecule has 1 aliphatic rings. The third-order valence-corrected chi connectivity index (χ3v) is 6.98. The van der Waals surface area contributed by atoms with E-state index in [1.54, 1.807) is 20.8 Å². The second kappa shape index (κ2) is 10.3. The first kappa shape index (κ1) is 25.3. The normalized spacial score (nSPS) is 18.8. The van der Waals surface area contributed by atoms with E-state index in [-0.39, 0.29) is 47.1 Å². The molecule has 182 valence electrons. The summed E-state index contributed by atoms with van der Waals surface area (Å²) in [5.74, 6) is -1.50. The molecule has 1 N–H and O–H groups in total. The Bertz CT molecular complexity index is 1190. The maximum atomic E-state index is 12.9. The number of hydrogen-bond acceptors (Lipinski definition) is 8. The van der Waals surface area contributed by atoms with E-state index in [0.29, 0.717) is 5.56 Å². The van der Waals surface area contributed by atoms with Crippen LogP contribution in [0.25, 0.3) is 0 Å². The molecule has 0 saturated carbocycles. The largest absolute Gasteiger partial charge is 0.452 e. The van der Waals surface area contributed by atoms with E-state index in [4.69, 9.17) is 9.47 Å². The second-order valence-electron chi connectivity index (χ2n) is 7.99. The van der Waals surface area contributed by atoms with Gasteiger partial charge in [0.05, 0.1) is 27.6 Å². The topological polar surface area (TPSA) is 145 Å². The minimum absolute atomic E-state index is 0.0315. The highest BCUT2D eigenvalue weighted by atomic mass is 32.2. The summed E-state index contributed by atoms with van der Waals surface area (Å²) < 4.78 is 37.7. The van der Waals surface area contributed by atoms with Gasteiger partial charge in [0.2, 0.25) is 10.0 Å². The molecule has 2 unspecified atom stereocenters. The van der Waals surface area contributed by atoms with Gasteiger partial charge >= 0.3 is 5.97 Å². The van der Waals surface area contributed by atoms with Crippen LogP contribution in [0.3, 0.4) is 0 Å². The number of rotatable bonds is 7. The van der Waals surface area contributed by atoms with Crippen molar-refractivity contribution in [2.45, 2.75) is 37.9 Å². The van der Waals surface area contributed by atoms with Gasteiger partial charge < -0.3 is 14.8 Å². The van der Waals surface area contributed by atoms with E-state index < -0.39 is 33.4 Å². The number of nitro benzene ring substituents is 1. The Labute approximate surface area is 196 Å². The number of carbonyl (C=O) groups is 2. The van der Waals surface area contributed by atoms with Gasteiger partial charge in [-0.3, -0.25) is 14.9 Å². The smallest absolute Gasteiger partial charge is 0.338 e. The number of ether oxygens (including phenoxy) is 2. The highest BCUT2D eigenvalue weighted by Crippen LogP contribution is 2.23. The molecule has 34 heavy (non-hydrogen) atoms. The summed E-state index contributed by atoms with van der Waals surface area (Å²) in [5.41, 5.74) is 0.560. The molecule has 0 aromatic heterocycles. The number of sulfonamides is 1. The van der Waals surface area contributed by atoms with Crippen molar-refractivity contribution in [3.05, 3.63) is 63.7 Å². The molecule has 0 bridgehead atoms. The van der Waals surface area contributed by atoms with E-state index in [0.717, 1.165) is 0 Å². The van der Waals surface area contributed by atoms with E-state index in [9.17, 15) is 28.1 Å². The van der Waals surface area contributed by atoms with Gasteiger partial charge in [-0.1, -0.05) is 6.07 Å². The predicted octanol–water partition coefficient (Wildman–Crippen LogP) is 2.50. The van der Waals surface area contributed by atoms with Gasteiger partial charge in [0.25, 0.3) is 11.6 Å². The van der Waals surface area contributed by atoms with Crippen LogP contribution in [-0.4, -0.2) is 61.4 Å². The van der Waals surface area contributed by atoms with E-state index in [1.807, 2.05) is 0 Å². The summed E-state index contributed by atoms with van der Waals surface area (Å²) >= 11 is 0. The Morgan fingerprint density at radius 2 is 1.76 bits per heavy atom. The van der Waals surface area contributed by atoms with Crippen molar-refractivity contribution in [3.63, 3.8) is 0 Å². The first-order chi connectivity index (χ1) is 16.0. The summed E-state index contributed by atoms with van der Waals surface area (Å²) in [6, 6.07) is 9.44. The van der Waals surface area contributed by atoms with Crippen molar-refractivity contribution < 1.29 is 32.4 Å². The number of nitrogens with zero attached hydrogens (tertiary/aromatic N) is 2. The molecule has 1 fully saturated rings. The minimum atomic E-state index is -3.75. The lowest BCUT2D eigenvalue weighted by Gasteiger charge is -2.34. The molecule has 1 heterocycles. The number of aryl methyl sites for hydroxylation is 1. The van der Waals surface area contributed by atoms with Gasteiger partial charge in [0.15, 0.2) is 6.61 Å². The standard InChI is InChI=1S/C22H25N3O8S/c1-14-4-7-18(10-20(14)25(28)29)23-21(26)13-32-22(27)17-5-8-19(9-6-17)34(30,31)24-11-15(2)33-16(3)12-24/h4-10,15-16H,11-13H2,1-3H3,(H,23,26). The predicted molar refractivity (Wildman–Crippen MR) is 122 cm³/mol. The molecule has 1 amide bonds. The van der Waals surface area contributed by atoms with Gasteiger partial charge in [0.1, 0.15) is 0 Å². The third-order valence-electron chi connectivity index (χ3n) is 5.14. The fraction of sp³-hybridized carbons (Fsp3) is 0.364. The Balaban J connectivity index is 1.59. The zero-order valence-electron chi connectivity index (χ0n) is 18.9. The number of nitro groups is 1. The average molecular weight is 492 g/mol.